The molecule has 0 amide bonds. The third-order valence-corrected chi connectivity index (χ3v) is 5.06. The lowest BCUT2D eigenvalue weighted by atomic mass is 10.2. The molecule has 0 bridgehead atoms. The highest BCUT2D eigenvalue weighted by Crippen LogP contribution is 2.11. The van der Waals surface area contributed by atoms with Crippen LogP contribution in [0, 0.1) is 0 Å². The van der Waals surface area contributed by atoms with E-state index < -0.39 is 9.84 Å². The Hall–Kier alpha value is -0.830. The lowest BCUT2D eigenvalue weighted by Gasteiger charge is -2.11. The molecule has 1 rings (SSSR count). The highest BCUT2D eigenvalue weighted by atomic mass is 32.2. The third kappa shape index (κ3) is 3.97. The van der Waals surface area contributed by atoms with Crippen LogP contribution in [0.5, 0.6) is 0 Å². The van der Waals surface area contributed by atoms with E-state index in [9.17, 15) is 8.42 Å². The van der Waals surface area contributed by atoms with Gasteiger partial charge < -0.3 is 0 Å². The average molecular weight is 240 g/mol. The predicted molar refractivity (Wildman–Crippen MR) is 68.3 cm³/mol. The van der Waals surface area contributed by atoms with Gasteiger partial charge in [0.15, 0.2) is 9.84 Å². The minimum atomic E-state index is -2.92. The van der Waals surface area contributed by atoms with Crippen molar-refractivity contribution in [1.29, 1.82) is 0 Å². The minimum absolute atomic E-state index is 0.207. The van der Waals surface area contributed by atoms with Crippen molar-refractivity contribution in [2.24, 2.45) is 0 Å². The van der Waals surface area contributed by atoms with Crippen molar-refractivity contribution in [2.45, 2.75) is 38.4 Å². The van der Waals surface area contributed by atoms with Crippen LogP contribution in [-0.4, -0.2) is 19.4 Å². The van der Waals surface area contributed by atoms with Gasteiger partial charge in [0, 0.05) is 0 Å². The lowest BCUT2D eigenvalue weighted by molar-refractivity contribution is 0.575. The maximum atomic E-state index is 11.9. The molecule has 0 saturated carbocycles. The Bertz CT molecular complexity index is 395. The first-order valence-electron chi connectivity index (χ1n) is 5.81. The average Bonchev–Trinajstić information content (AvgIpc) is 2.28. The van der Waals surface area contributed by atoms with Crippen molar-refractivity contribution >= 4 is 9.84 Å². The fraction of sp³-hybridized carbons (Fsp3) is 0.538. The largest absolute Gasteiger partial charge is 0.229 e. The molecule has 1 atom stereocenters. The van der Waals surface area contributed by atoms with E-state index in [1.54, 1.807) is 0 Å². The van der Waals surface area contributed by atoms with Crippen LogP contribution in [-0.2, 0) is 16.3 Å². The lowest BCUT2D eigenvalue weighted by Crippen LogP contribution is -2.22. The highest BCUT2D eigenvalue weighted by Gasteiger charge is 2.19. The van der Waals surface area contributed by atoms with Crippen molar-refractivity contribution in [3.63, 3.8) is 0 Å². The zero-order chi connectivity index (χ0) is 12.0. The summed E-state index contributed by atoms with van der Waals surface area (Å²) in [4.78, 5) is 0. The van der Waals surface area contributed by atoms with Gasteiger partial charge in [-0.1, -0.05) is 43.7 Å². The molecule has 1 aromatic carbocycles. The van der Waals surface area contributed by atoms with Crippen LogP contribution in [0.15, 0.2) is 30.3 Å². The number of benzene rings is 1. The summed E-state index contributed by atoms with van der Waals surface area (Å²) in [6, 6.07) is 9.77. The summed E-state index contributed by atoms with van der Waals surface area (Å²) in [7, 11) is -2.92. The summed E-state index contributed by atoms with van der Waals surface area (Å²) in [6.45, 7) is 3.83. The molecular formula is C13H20O2S. The van der Waals surface area contributed by atoms with E-state index in [0.717, 1.165) is 18.4 Å². The van der Waals surface area contributed by atoms with Crippen LogP contribution in [0.4, 0.5) is 0 Å². The summed E-state index contributed by atoms with van der Waals surface area (Å²) in [5.74, 6) is 0.262. The van der Waals surface area contributed by atoms with Gasteiger partial charge in [-0.15, -0.1) is 0 Å². The van der Waals surface area contributed by atoms with Crippen LogP contribution in [0.1, 0.15) is 32.3 Å². The molecule has 0 fully saturated rings. The Balaban J connectivity index is 2.55. The summed E-state index contributed by atoms with van der Waals surface area (Å²) in [6.07, 6.45) is 2.31. The molecule has 0 spiro atoms. The normalized spacial score (nSPS) is 13.6. The van der Waals surface area contributed by atoms with E-state index in [1.807, 2.05) is 44.2 Å². The number of rotatable bonds is 6. The molecule has 0 radical (unpaired) electrons. The smallest absolute Gasteiger partial charge is 0.153 e. The third-order valence-electron chi connectivity index (χ3n) is 2.83. The molecule has 0 aliphatic heterocycles. The summed E-state index contributed by atoms with van der Waals surface area (Å²) >= 11 is 0. The number of hydrogen-bond acceptors (Lipinski definition) is 2. The molecule has 0 aliphatic rings. The second kappa shape index (κ2) is 6.04. The first-order chi connectivity index (χ1) is 7.56. The monoisotopic (exact) mass is 240 g/mol. The summed E-state index contributed by atoms with van der Waals surface area (Å²) in [5.41, 5.74) is 1.09. The van der Waals surface area contributed by atoms with Gasteiger partial charge in [0.25, 0.3) is 0 Å². The van der Waals surface area contributed by atoms with Crippen molar-refractivity contribution < 1.29 is 8.42 Å². The molecule has 90 valence electrons. The van der Waals surface area contributed by atoms with E-state index in [1.165, 1.54) is 0 Å². The molecule has 0 aromatic heterocycles. The number of hydrogen-bond donors (Lipinski definition) is 0. The van der Waals surface area contributed by atoms with Gasteiger partial charge in [0.1, 0.15) is 0 Å². The zero-order valence-corrected chi connectivity index (χ0v) is 10.8. The number of aryl methyl sites for hydroxylation is 1. The number of sulfone groups is 1. The van der Waals surface area contributed by atoms with Gasteiger partial charge in [-0.3, -0.25) is 0 Å². The Morgan fingerprint density at radius 2 is 1.81 bits per heavy atom. The second-order valence-electron chi connectivity index (χ2n) is 4.20. The van der Waals surface area contributed by atoms with Gasteiger partial charge in [-0.2, -0.15) is 0 Å². The van der Waals surface area contributed by atoms with E-state index in [0.29, 0.717) is 6.42 Å². The maximum Gasteiger partial charge on any atom is 0.153 e. The molecule has 0 N–H and O–H groups in total. The fourth-order valence-electron chi connectivity index (χ4n) is 1.69. The van der Waals surface area contributed by atoms with Crippen LogP contribution in [0.25, 0.3) is 0 Å². The van der Waals surface area contributed by atoms with E-state index in [4.69, 9.17) is 0 Å². The quantitative estimate of drug-likeness (QED) is 0.766. The molecule has 0 heterocycles. The van der Waals surface area contributed by atoms with Gasteiger partial charge >= 0.3 is 0 Å². The first-order valence-corrected chi connectivity index (χ1v) is 7.53. The molecular weight excluding hydrogens is 220 g/mol. The molecule has 1 aromatic rings. The Kier molecular flexibility index (Phi) is 5.00. The van der Waals surface area contributed by atoms with Crippen molar-refractivity contribution in [3.05, 3.63) is 35.9 Å². The Labute approximate surface area is 98.6 Å². The molecule has 0 saturated heterocycles. The summed E-state index contributed by atoms with van der Waals surface area (Å²) in [5, 5.41) is -0.207. The van der Waals surface area contributed by atoms with Crippen molar-refractivity contribution in [2.75, 3.05) is 5.75 Å². The van der Waals surface area contributed by atoms with Gasteiger partial charge in [-0.25, -0.2) is 8.42 Å². The van der Waals surface area contributed by atoms with Crippen LogP contribution in [0.2, 0.25) is 0 Å². The van der Waals surface area contributed by atoms with Gasteiger partial charge in [0.05, 0.1) is 11.0 Å². The molecule has 16 heavy (non-hydrogen) atoms. The fourth-order valence-corrected chi connectivity index (χ4v) is 3.21. The van der Waals surface area contributed by atoms with Gasteiger partial charge in [-0.05, 0) is 25.3 Å². The SMILES string of the molecule is CCCC(C)S(=O)(=O)CCc1ccccc1. The van der Waals surface area contributed by atoms with Crippen LogP contribution >= 0.6 is 0 Å². The predicted octanol–water partition coefficient (Wildman–Crippen LogP) is 2.83. The van der Waals surface area contributed by atoms with E-state index in [-0.39, 0.29) is 11.0 Å². The Morgan fingerprint density at radius 3 is 2.38 bits per heavy atom. The highest BCUT2D eigenvalue weighted by molar-refractivity contribution is 7.92. The summed E-state index contributed by atoms with van der Waals surface area (Å²) < 4.78 is 23.8. The topological polar surface area (TPSA) is 34.1 Å². The van der Waals surface area contributed by atoms with Crippen LogP contribution in [0.3, 0.4) is 0 Å². The van der Waals surface area contributed by atoms with E-state index in [2.05, 4.69) is 0 Å². The Morgan fingerprint density at radius 1 is 1.19 bits per heavy atom. The molecule has 0 aliphatic carbocycles. The maximum absolute atomic E-state index is 11.9. The molecule has 2 nitrogen and oxygen atoms in total. The minimum Gasteiger partial charge on any atom is -0.229 e. The van der Waals surface area contributed by atoms with Crippen molar-refractivity contribution in [3.8, 4) is 0 Å². The second-order valence-corrected chi connectivity index (χ2v) is 6.74. The molecule has 3 heteroatoms. The van der Waals surface area contributed by atoms with Crippen LogP contribution < -0.4 is 0 Å². The standard InChI is InChI=1S/C13H20O2S/c1-3-7-12(2)16(14,15)11-10-13-8-5-4-6-9-13/h4-6,8-9,12H,3,7,10-11H2,1-2H3. The van der Waals surface area contributed by atoms with Gasteiger partial charge in [0.2, 0.25) is 0 Å². The van der Waals surface area contributed by atoms with Crippen molar-refractivity contribution in [1.82, 2.24) is 0 Å². The zero-order valence-electron chi connectivity index (χ0n) is 10.0. The van der Waals surface area contributed by atoms with E-state index >= 15 is 0 Å². The molecule has 1 unspecified atom stereocenters. The first kappa shape index (κ1) is 13.2.